The van der Waals surface area contributed by atoms with E-state index in [-0.39, 0.29) is 24.5 Å². The van der Waals surface area contributed by atoms with Gasteiger partial charge in [0.05, 0.1) is 19.2 Å². The van der Waals surface area contributed by atoms with E-state index in [0.717, 1.165) is 19.4 Å². The molecule has 1 rings (SSSR count). The molecule has 2 unspecified atom stereocenters. The smallest absolute Gasteiger partial charge is 0.237 e. The van der Waals surface area contributed by atoms with Crippen LogP contribution in [0.2, 0.25) is 0 Å². The molecule has 2 atom stereocenters. The highest BCUT2D eigenvalue weighted by atomic mass is 16.5. The van der Waals surface area contributed by atoms with E-state index in [2.05, 4.69) is 16.6 Å². The van der Waals surface area contributed by atoms with Crippen molar-refractivity contribution >= 4 is 5.91 Å². The van der Waals surface area contributed by atoms with Gasteiger partial charge in [0.1, 0.15) is 0 Å². The summed E-state index contributed by atoms with van der Waals surface area (Å²) in [7, 11) is 0. The molecule has 0 radical (unpaired) electrons. The third kappa shape index (κ3) is 4.32. The van der Waals surface area contributed by atoms with Crippen molar-refractivity contribution in [1.82, 2.24) is 10.6 Å². The van der Waals surface area contributed by atoms with Gasteiger partial charge in [-0.25, -0.2) is 0 Å². The molecule has 4 heteroatoms. The largest absolute Gasteiger partial charge is 0.380 e. The second kappa shape index (κ2) is 6.44. The van der Waals surface area contributed by atoms with Crippen molar-refractivity contribution in [2.24, 2.45) is 0 Å². The molecule has 1 fully saturated rings. The molecule has 1 saturated heterocycles. The quantitative estimate of drug-likeness (QED) is 0.637. The highest BCUT2D eigenvalue weighted by Gasteiger charge is 2.19. The molecular weight excluding hydrogens is 192 g/mol. The molecule has 1 amide bonds. The predicted molar refractivity (Wildman–Crippen MR) is 58.3 cm³/mol. The number of carbonyl (C=O) groups is 1. The zero-order chi connectivity index (χ0) is 11.1. The number of terminal acetylenes is 1. The number of ether oxygens (including phenoxy) is 1. The molecule has 0 aromatic carbocycles. The van der Waals surface area contributed by atoms with Gasteiger partial charge in [0.2, 0.25) is 5.91 Å². The number of amides is 1. The normalized spacial score (nSPS) is 22.8. The van der Waals surface area contributed by atoms with E-state index < -0.39 is 0 Å². The molecule has 0 aromatic rings. The lowest BCUT2D eigenvalue weighted by atomic mass is 10.1. The summed E-state index contributed by atoms with van der Waals surface area (Å²) in [6.07, 6.45) is 7.17. The first-order chi connectivity index (χ1) is 7.24. The van der Waals surface area contributed by atoms with Gasteiger partial charge in [-0.05, 0) is 19.8 Å². The van der Waals surface area contributed by atoms with E-state index in [1.165, 1.54) is 0 Å². The third-order valence-electron chi connectivity index (χ3n) is 2.40. The van der Waals surface area contributed by atoms with Gasteiger partial charge in [-0.1, -0.05) is 5.92 Å². The van der Waals surface area contributed by atoms with Gasteiger partial charge in [0.25, 0.3) is 0 Å². The number of hydrogen-bond donors (Lipinski definition) is 2. The Balaban J connectivity index is 2.24. The summed E-state index contributed by atoms with van der Waals surface area (Å²) in [5.41, 5.74) is 0. The van der Waals surface area contributed by atoms with Crippen LogP contribution in [0.25, 0.3) is 0 Å². The number of carbonyl (C=O) groups excluding carboxylic acids is 1. The van der Waals surface area contributed by atoms with Crippen molar-refractivity contribution in [3.05, 3.63) is 0 Å². The van der Waals surface area contributed by atoms with Gasteiger partial charge in [-0.15, -0.1) is 6.42 Å². The standard InChI is InChI=1S/C11H18N2O2/c1-3-6-12-11(14)9(2)13-10-5-4-7-15-8-10/h1,9-10,13H,4-8H2,2H3,(H,12,14). The number of hydrogen-bond acceptors (Lipinski definition) is 3. The fourth-order valence-corrected chi connectivity index (χ4v) is 1.59. The SMILES string of the molecule is C#CCNC(=O)C(C)NC1CCCOC1. The van der Waals surface area contributed by atoms with Gasteiger partial charge >= 0.3 is 0 Å². The molecular formula is C11H18N2O2. The monoisotopic (exact) mass is 210 g/mol. The molecule has 15 heavy (non-hydrogen) atoms. The second-order valence-electron chi connectivity index (χ2n) is 3.72. The lowest BCUT2D eigenvalue weighted by molar-refractivity contribution is -0.122. The van der Waals surface area contributed by atoms with E-state index in [9.17, 15) is 4.79 Å². The van der Waals surface area contributed by atoms with E-state index in [4.69, 9.17) is 11.2 Å². The van der Waals surface area contributed by atoms with Crippen LogP contribution < -0.4 is 10.6 Å². The molecule has 1 heterocycles. The maximum absolute atomic E-state index is 11.5. The summed E-state index contributed by atoms with van der Waals surface area (Å²) in [5.74, 6) is 2.32. The van der Waals surface area contributed by atoms with E-state index in [1.54, 1.807) is 0 Å². The van der Waals surface area contributed by atoms with Crippen molar-refractivity contribution in [2.75, 3.05) is 19.8 Å². The topological polar surface area (TPSA) is 50.4 Å². The van der Waals surface area contributed by atoms with Crippen LogP contribution in [0.3, 0.4) is 0 Å². The van der Waals surface area contributed by atoms with Crippen molar-refractivity contribution < 1.29 is 9.53 Å². The minimum atomic E-state index is -0.218. The Bertz CT molecular complexity index is 241. The Kier molecular flexibility index (Phi) is 5.16. The van der Waals surface area contributed by atoms with Gasteiger partial charge in [-0.2, -0.15) is 0 Å². The zero-order valence-electron chi connectivity index (χ0n) is 9.08. The minimum Gasteiger partial charge on any atom is -0.380 e. The third-order valence-corrected chi connectivity index (χ3v) is 2.40. The van der Waals surface area contributed by atoms with Crippen LogP contribution in [-0.2, 0) is 9.53 Å². The molecule has 1 aliphatic rings. The van der Waals surface area contributed by atoms with Crippen molar-refractivity contribution in [2.45, 2.75) is 31.8 Å². The van der Waals surface area contributed by atoms with Crippen LogP contribution in [0.1, 0.15) is 19.8 Å². The van der Waals surface area contributed by atoms with Crippen molar-refractivity contribution in [3.63, 3.8) is 0 Å². The Morgan fingerprint density at radius 2 is 2.53 bits per heavy atom. The Morgan fingerprint density at radius 1 is 1.73 bits per heavy atom. The van der Waals surface area contributed by atoms with E-state index in [1.807, 2.05) is 6.92 Å². The summed E-state index contributed by atoms with van der Waals surface area (Å²) in [6, 6.07) is 0.0652. The Morgan fingerprint density at radius 3 is 3.13 bits per heavy atom. The summed E-state index contributed by atoms with van der Waals surface area (Å²) in [6.45, 7) is 3.63. The minimum absolute atomic E-state index is 0.0569. The predicted octanol–water partition coefficient (Wildman–Crippen LogP) is -0.107. The lowest BCUT2D eigenvalue weighted by Crippen LogP contribution is -2.49. The maximum atomic E-state index is 11.5. The molecule has 0 saturated carbocycles. The van der Waals surface area contributed by atoms with Crippen LogP contribution >= 0.6 is 0 Å². The molecule has 0 aliphatic carbocycles. The molecule has 0 aromatic heterocycles. The van der Waals surface area contributed by atoms with E-state index in [0.29, 0.717) is 6.61 Å². The van der Waals surface area contributed by atoms with Crippen LogP contribution in [0.15, 0.2) is 0 Å². The first kappa shape index (κ1) is 12.0. The van der Waals surface area contributed by atoms with Gasteiger partial charge in [0, 0.05) is 12.6 Å². The first-order valence-corrected chi connectivity index (χ1v) is 5.29. The molecule has 1 aliphatic heterocycles. The molecule has 4 nitrogen and oxygen atoms in total. The highest BCUT2D eigenvalue weighted by Crippen LogP contribution is 2.06. The lowest BCUT2D eigenvalue weighted by Gasteiger charge is -2.26. The highest BCUT2D eigenvalue weighted by molar-refractivity contribution is 5.81. The van der Waals surface area contributed by atoms with Crippen LogP contribution in [0.5, 0.6) is 0 Å². The summed E-state index contributed by atoms with van der Waals surface area (Å²) in [5, 5.41) is 5.87. The Labute approximate surface area is 90.8 Å². The molecule has 0 bridgehead atoms. The van der Waals surface area contributed by atoms with Crippen molar-refractivity contribution in [3.8, 4) is 12.3 Å². The first-order valence-electron chi connectivity index (χ1n) is 5.29. The number of rotatable bonds is 4. The van der Waals surface area contributed by atoms with Gasteiger partial charge < -0.3 is 15.4 Å². The van der Waals surface area contributed by atoms with E-state index >= 15 is 0 Å². The fraction of sp³-hybridized carbons (Fsp3) is 0.727. The van der Waals surface area contributed by atoms with Crippen LogP contribution in [0.4, 0.5) is 0 Å². The maximum Gasteiger partial charge on any atom is 0.237 e. The summed E-state index contributed by atoms with van der Waals surface area (Å²) < 4.78 is 5.32. The average molecular weight is 210 g/mol. The Hall–Kier alpha value is -1.05. The summed E-state index contributed by atoms with van der Waals surface area (Å²) >= 11 is 0. The zero-order valence-corrected chi connectivity index (χ0v) is 9.08. The van der Waals surface area contributed by atoms with Gasteiger partial charge in [-0.3, -0.25) is 4.79 Å². The molecule has 2 N–H and O–H groups in total. The summed E-state index contributed by atoms with van der Waals surface area (Å²) in [4.78, 5) is 11.5. The fourth-order valence-electron chi connectivity index (χ4n) is 1.59. The number of nitrogens with one attached hydrogen (secondary N) is 2. The van der Waals surface area contributed by atoms with Crippen LogP contribution in [0, 0.1) is 12.3 Å². The van der Waals surface area contributed by atoms with Crippen molar-refractivity contribution in [1.29, 1.82) is 0 Å². The second-order valence-corrected chi connectivity index (χ2v) is 3.72. The molecule has 84 valence electrons. The van der Waals surface area contributed by atoms with Crippen LogP contribution in [-0.4, -0.2) is 37.7 Å². The molecule has 0 spiro atoms. The average Bonchev–Trinajstić information content (AvgIpc) is 2.27. The van der Waals surface area contributed by atoms with Gasteiger partial charge in [0.15, 0.2) is 0 Å².